The summed E-state index contributed by atoms with van der Waals surface area (Å²) in [6.07, 6.45) is 4.89. The van der Waals surface area contributed by atoms with Gasteiger partial charge in [-0.1, -0.05) is 50.1 Å². The molecule has 4 amide bonds. The second-order valence-electron chi connectivity index (χ2n) is 8.59. The maximum absolute atomic E-state index is 12.9. The molecule has 0 radical (unpaired) electrons. The van der Waals surface area contributed by atoms with E-state index in [9.17, 15) is 19.2 Å². The number of ether oxygens (including phenoxy) is 1. The number of carbonyl (C=O) groups excluding carboxylic acids is 4. The van der Waals surface area contributed by atoms with E-state index in [2.05, 4.69) is 10.6 Å². The van der Waals surface area contributed by atoms with Gasteiger partial charge in [0, 0.05) is 6.04 Å². The van der Waals surface area contributed by atoms with Gasteiger partial charge in [-0.3, -0.25) is 19.3 Å². The van der Waals surface area contributed by atoms with Crippen LogP contribution in [0.3, 0.4) is 0 Å². The zero-order valence-electron chi connectivity index (χ0n) is 18.2. The molecule has 0 aromatic heterocycles. The normalized spacial score (nSPS) is 24.1. The van der Waals surface area contributed by atoms with Crippen LogP contribution in [-0.4, -0.2) is 53.4 Å². The third-order valence-corrected chi connectivity index (χ3v) is 6.27. The molecule has 1 heterocycles. The third-order valence-electron chi connectivity index (χ3n) is 6.27. The van der Waals surface area contributed by atoms with Gasteiger partial charge >= 0.3 is 12.0 Å². The quantitative estimate of drug-likeness (QED) is 0.487. The number of benzene rings is 1. The minimum absolute atomic E-state index is 0.0156. The summed E-state index contributed by atoms with van der Waals surface area (Å²) in [7, 11) is 0. The van der Waals surface area contributed by atoms with Crippen LogP contribution in [0.25, 0.3) is 0 Å². The molecule has 31 heavy (non-hydrogen) atoms. The number of nitrogens with one attached hydrogen (secondary N) is 2. The molecule has 8 nitrogen and oxygen atoms in total. The average Bonchev–Trinajstić information content (AvgIpc) is 2.98. The number of carbonyl (C=O) groups is 4. The number of hydrogen-bond donors (Lipinski definition) is 2. The number of nitrogens with zero attached hydrogens (tertiary/aromatic N) is 1. The molecule has 1 aliphatic heterocycles. The summed E-state index contributed by atoms with van der Waals surface area (Å²) in [5.41, 5.74) is 0.273. The molecule has 1 saturated heterocycles. The smallest absolute Gasteiger partial charge is 0.326 e. The van der Waals surface area contributed by atoms with Crippen molar-refractivity contribution in [1.29, 1.82) is 0 Å². The van der Waals surface area contributed by atoms with E-state index in [0.29, 0.717) is 6.42 Å². The van der Waals surface area contributed by atoms with Crippen LogP contribution in [0.2, 0.25) is 0 Å². The van der Waals surface area contributed by atoms with E-state index in [-0.39, 0.29) is 17.9 Å². The van der Waals surface area contributed by atoms with Crippen LogP contribution in [0.4, 0.5) is 4.79 Å². The Morgan fingerprint density at radius 3 is 2.71 bits per heavy atom. The van der Waals surface area contributed by atoms with Crippen molar-refractivity contribution in [3.05, 3.63) is 35.9 Å². The summed E-state index contributed by atoms with van der Waals surface area (Å²) in [5.74, 6) is -1.55. The van der Waals surface area contributed by atoms with Crippen LogP contribution in [0.5, 0.6) is 0 Å². The van der Waals surface area contributed by atoms with Gasteiger partial charge in [0.1, 0.15) is 12.1 Å². The van der Waals surface area contributed by atoms with E-state index in [0.717, 1.165) is 37.0 Å². The van der Waals surface area contributed by atoms with E-state index in [1.807, 2.05) is 44.2 Å². The lowest BCUT2D eigenvalue weighted by Gasteiger charge is -2.36. The van der Waals surface area contributed by atoms with Crippen molar-refractivity contribution in [2.24, 2.45) is 5.92 Å². The fourth-order valence-electron chi connectivity index (χ4n) is 4.38. The molecule has 168 valence electrons. The average molecular weight is 430 g/mol. The van der Waals surface area contributed by atoms with Gasteiger partial charge in [-0.05, 0) is 44.1 Å². The highest BCUT2D eigenvalue weighted by Crippen LogP contribution is 2.38. The first-order valence-electron chi connectivity index (χ1n) is 10.9. The Bertz CT molecular complexity index is 828. The first kappa shape index (κ1) is 22.8. The van der Waals surface area contributed by atoms with E-state index in [1.54, 1.807) is 0 Å². The Morgan fingerprint density at radius 1 is 1.26 bits per heavy atom. The second kappa shape index (κ2) is 9.94. The molecule has 3 rings (SSSR count). The Morgan fingerprint density at radius 2 is 2.00 bits per heavy atom. The maximum atomic E-state index is 12.9. The molecular weight excluding hydrogens is 398 g/mol. The molecule has 1 spiro atoms. The molecule has 1 aliphatic carbocycles. The van der Waals surface area contributed by atoms with Crippen molar-refractivity contribution in [1.82, 2.24) is 15.5 Å². The van der Waals surface area contributed by atoms with Crippen molar-refractivity contribution in [3.8, 4) is 0 Å². The lowest BCUT2D eigenvalue weighted by molar-refractivity contribution is -0.151. The predicted octanol–water partition coefficient (Wildman–Crippen LogP) is 2.17. The van der Waals surface area contributed by atoms with Crippen LogP contribution < -0.4 is 10.6 Å². The minimum atomic E-state index is -0.916. The van der Waals surface area contributed by atoms with Gasteiger partial charge in [-0.15, -0.1) is 0 Å². The van der Waals surface area contributed by atoms with Crippen molar-refractivity contribution in [2.75, 3.05) is 13.2 Å². The van der Waals surface area contributed by atoms with Crippen molar-refractivity contribution in [3.63, 3.8) is 0 Å². The first-order valence-corrected chi connectivity index (χ1v) is 10.9. The molecule has 0 bridgehead atoms. The molecule has 0 unspecified atom stereocenters. The van der Waals surface area contributed by atoms with Gasteiger partial charge in [0.25, 0.3) is 11.8 Å². The molecule has 2 aliphatic rings. The number of aryl methyl sites for hydroxylation is 1. The van der Waals surface area contributed by atoms with Gasteiger partial charge in [0.05, 0.1) is 0 Å². The van der Waals surface area contributed by atoms with Crippen LogP contribution in [0.15, 0.2) is 30.3 Å². The van der Waals surface area contributed by atoms with E-state index >= 15 is 0 Å². The number of urea groups is 1. The van der Waals surface area contributed by atoms with Gasteiger partial charge in [-0.2, -0.15) is 0 Å². The first-order chi connectivity index (χ1) is 14.8. The molecule has 1 aromatic rings. The maximum Gasteiger partial charge on any atom is 0.326 e. The molecule has 3 atom stereocenters. The Hall–Kier alpha value is -2.90. The van der Waals surface area contributed by atoms with Gasteiger partial charge < -0.3 is 15.4 Å². The number of hydrogen-bond acceptors (Lipinski definition) is 5. The monoisotopic (exact) mass is 429 g/mol. The highest BCUT2D eigenvalue weighted by atomic mass is 16.5. The Labute approximate surface area is 182 Å². The Kier molecular flexibility index (Phi) is 7.30. The highest BCUT2D eigenvalue weighted by molar-refractivity contribution is 6.09. The topological polar surface area (TPSA) is 105 Å². The van der Waals surface area contributed by atoms with Gasteiger partial charge in [-0.25, -0.2) is 4.79 Å². The number of rotatable bonds is 8. The zero-order valence-corrected chi connectivity index (χ0v) is 18.2. The number of amides is 4. The number of esters is 1. The fourth-order valence-corrected chi connectivity index (χ4v) is 4.38. The van der Waals surface area contributed by atoms with Crippen LogP contribution in [0.1, 0.15) is 51.5 Å². The van der Waals surface area contributed by atoms with Crippen LogP contribution in [-0.2, 0) is 25.5 Å². The molecular formula is C23H31N3O5. The summed E-state index contributed by atoms with van der Waals surface area (Å²) in [4.78, 5) is 50.3. The molecule has 2 fully saturated rings. The third kappa shape index (κ3) is 5.42. The summed E-state index contributed by atoms with van der Waals surface area (Å²) in [6.45, 7) is 2.90. The highest BCUT2D eigenvalue weighted by Gasteiger charge is 2.55. The molecule has 1 saturated carbocycles. The van der Waals surface area contributed by atoms with Crippen molar-refractivity contribution in [2.45, 2.75) is 64.0 Å². The molecule has 2 N–H and O–H groups in total. The standard InChI is InChI=1S/C23H31N3O5/c1-16-8-6-7-13-23(16)21(29)26(22(30)25-23)14-20(28)31-15-19(27)24-17(2)11-12-18-9-4-3-5-10-18/h3-5,9-10,16-17H,6-8,11-15H2,1-2H3,(H,24,27)(H,25,30)/t16-,17+,23+/m1/s1. The van der Waals surface area contributed by atoms with Gasteiger partial charge in [0.2, 0.25) is 0 Å². The fraction of sp³-hybridized carbons (Fsp3) is 0.565. The lowest BCUT2D eigenvalue weighted by Crippen LogP contribution is -2.54. The largest absolute Gasteiger partial charge is 0.454 e. The zero-order chi connectivity index (χ0) is 22.4. The van der Waals surface area contributed by atoms with Crippen LogP contribution >= 0.6 is 0 Å². The van der Waals surface area contributed by atoms with Crippen LogP contribution in [0, 0.1) is 5.92 Å². The summed E-state index contributed by atoms with van der Waals surface area (Å²) >= 11 is 0. The van der Waals surface area contributed by atoms with Gasteiger partial charge in [0.15, 0.2) is 6.61 Å². The predicted molar refractivity (Wildman–Crippen MR) is 114 cm³/mol. The van der Waals surface area contributed by atoms with Crippen molar-refractivity contribution < 1.29 is 23.9 Å². The molecule has 1 aromatic carbocycles. The summed E-state index contributed by atoms with van der Waals surface area (Å²) in [6, 6.07) is 9.31. The SMILES string of the molecule is C[C@@H]1CCCC[C@]12NC(=O)N(CC(=O)OCC(=O)N[C@@H](C)CCc1ccccc1)C2=O. The minimum Gasteiger partial charge on any atom is -0.454 e. The van der Waals surface area contributed by atoms with E-state index in [1.165, 1.54) is 5.56 Å². The van der Waals surface area contributed by atoms with Crippen molar-refractivity contribution >= 4 is 23.8 Å². The summed E-state index contributed by atoms with van der Waals surface area (Å²) in [5, 5.41) is 5.59. The van der Waals surface area contributed by atoms with E-state index < -0.39 is 36.6 Å². The van der Waals surface area contributed by atoms with E-state index in [4.69, 9.17) is 4.74 Å². The lowest BCUT2D eigenvalue weighted by atomic mass is 9.73. The summed E-state index contributed by atoms with van der Waals surface area (Å²) < 4.78 is 5.00. The number of imide groups is 1. The second-order valence-corrected chi connectivity index (χ2v) is 8.59. The Balaban J connectivity index is 1.41. The molecule has 8 heteroatoms.